The first-order valence-electron chi connectivity index (χ1n) is 6.78. The first-order chi connectivity index (χ1) is 10.3. The zero-order valence-corrected chi connectivity index (χ0v) is 11.7. The van der Waals surface area contributed by atoms with E-state index in [1.165, 1.54) is 0 Å². The van der Waals surface area contributed by atoms with Gasteiger partial charge in [0.05, 0.1) is 11.1 Å². The number of nitrogens with zero attached hydrogens (tertiary/aromatic N) is 1. The fourth-order valence-electron chi connectivity index (χ4n) is 2.27. The average molecular weight is 277 g/mol. The van der Waals surface area contributed by atoms with Crippen LogP contribution in [0.3, 0.4) is 0 Å². The molecule has 0 amide bonds. The SMILES string of the molecule is Cc1ccc(OCc2ccc3ncccc3c2)c(C=O)c1. The topological polar surface area (TPSA) is 39.2 Å². The van der Waals surface area contributed by atoms with Gasteiger partial charge >= 0.3 is 0 Å². The van der Waals surface area contributed by atoms with E-state index in [1.807, 2.05) is 49.4 Å². The van der Waals surface area contributed by atoms with Crippen LogP contribution in [0.25, 0.3) is 10.9 Å². The number of hydrogen-bond acceptors (Lipinski definition) is 3. The van der Waals surface area contributed by atoms with Crippen LogP contribution in [-0.4, -0.2) is 11.3 Å². The van der Waals surface area contributed by atoms with Gasteiger partial charge in [0.25, 0.3) is 0 Å². The highest BCUT2D eigenvalue weighted by Crippen LogP contribution is 2.20. The molecular weight excluding hydrogens is 262 g/mol. The molecule has 0 aliphatic heterocycles. The van der Waals surface area contributed by atoms with Crippen molar-refractivity contribution >= 4 is 17.2 Å². The molecule has 0 fully saturated rings. The molecule has 0 atom stereocenters. The molecule has 3 aromatic rings. The van der Waals surface area contributed by atoms with Crippen molar-refractivity contribution in [1.82, 2.24) is 4.98 Å². The molecule has 2 aromatic carbocycles. The van der Waals surface area contributed by atoms with Crippen LogP contribution < -0.4 is 4.74 Å². The van der Waals surface area contributed by atoms with Crippen LogP contribution >= 0.6 is 0 Å². The van der Waals surface area contributed by atoms with E-state index >= 15 is 0 Å². The summed E-state index contributed by atoms with van der Waals surface area (Å²) in [5, 5.41) is 1.08. The molecule has 1 aromatic heterocycles. The molecule has 0 spiro atoms. The molecule has 1 heterocycles. The lowest BCUT2D eigenvalue weighted by Gasteiger charge is -2.09. The van der Waals surface area contributed by atoms with Crippen LogP contribution in [0.5, 0.6) is 5.75 Å². The van der Waals surface area contributed by atoms with Gasteiger partial charge in [-0.05, 0) is 42.8 Å². The third-order valence-electron chi connectivity index (χ3n) is 3.35. The van der Waals surface area contributed by atoms with Gasteiger partial charge in [-0.2, -0.15) is 0 Å². The van der Waals surface area contributed by atoms with Crippen LogP contribution in [-0.2, 0) is 6.61 Å². The van der Waals surface area contributed by atoms with Crippen LogP contribution in [0.15, 0.2) is 54.7 Å². The zero-order chi connectivity index (χ0) is 14.7. The number of aryl methyl sites for hydroxylation is 1. The van der Waals surface area contributed by atoms with Crippen molar-refractivity contribution in [3.8, 4) is 5.75 Å². The molecule has 21 heavy (non-hydrogen) atoms. The molecule has 0 saturated carbocycles. The number of aromatic nitrogens is 1. The third-order valence-corrected chi connectivity index (χ3v) is 3.35. The van der Waals surface area contributed by atoms with E-state index in [-0.39, 0.29) is 0 Å². The van der Waals surface area contributed by atoms with E-state index < -0.39 is 0 Å². The molecule has 3 heteroatoms. The molecule has 0 saturated heterocycles. The fourth-order valence-corrected chi connectivity index (χ4v) is 2.27. The summed E-state index contributed by atoms with van der Waals surface area (Å²) in [7, 11) is 0. The second kappa shape index (κ2) is 5.75. The quantitative estimate of drug-likeness (QED) is 0.678. The number of carbonyl (C=O) groups excluding carboxylic acids is 1. The summed E-state index contributed by atoms with van der Waals surface area (Å²) in [6.07, 6.45) is 2.60. The van der Waals surface area contributed by atoms with Gasteiger partial charge in [-0.3, -0.25) is 9.78 Å². The average Bonchev–Trinajstić information content (AvgIpc) is 2.53. The van der Waals surface area contributed by atoms with Gasteiger partial charge in [0.15, 0.2) is 6.29 Å². The van der Waals surface area contributed by atoms with Gasteiger partial charge in [-0.15, -0.1) is 0 Å². The van der Waals surface area contributed by atoms with Gasteiger partial charge < -0.3 is 4.74 Å². The minimum atomic E-state index is 0.425. The fraction of sp³-hybridized carbons (Fsp3) is 0.111. The maximum atomic E-state index is 11.1. The Morgan fingerprint density at radius 2 is 2.05 bits per heavy atom. The zero-order valence-electron chi connectivity index (χ0n) is 11.7. The lowest BCUT2D eigenvalue weighted by atomic mass is 10.1. The Bertz CT molecular complexity index is 796. The number of aldehydes is 1. The molecule has 0 N–H and O–H groups in total. The predicted octanol–water partition coefficient (Wildman–Crippen LogP) is 3.93. The Kier molecular flexibility index (Phi) is 3.65. The van der Waals surface area contributed by atoms with Crippen molar-refractivity contribution in [2.75, 3.05) is 0 Å². The van der Waals surface area contributed by atoms with E-state index in [0.717, 1.165) is 28.3 Å². The van der Waals surface area contributed by atoms with Crippen molar-refractivity contribution in [3.05, 3.63) is 71.4 Å². The lowest BCUT2D eigenvalue weighted by Crippen LogP contribution is -1.98. The van der Waals surface area contributed by atoms with Crippen LogP contribution in [0.4, 0.5) is 0 Å². The maximum Gasteiger partial charge on any atom is 0.153 e. The molecule has 3 nitrogen and oxygen atoms in total. The highest BCUT2D eigenvalue weighted by molar-refractivity contribution is 5.80. The van der Waals surface area contributed by atoms with Crippen molar-refractivity contribution in [2.24, 2.45) is 0 Å². The number of pyridine rings is 1. The summed E-state index contributed by atoms with van der Waals surface area (Å²) < 4.78 is 5.77. The number of rotatable bonds is 4. The Labute approximate surface area is 123 Å². The van der Waals surface area contributed by atoms with Crippen LogP contribution in [0.2, 0.25) is 0 Å². The summed E-state index contributed by atoms with van der Waals surface area (Å²) in [4.78, 5) is 15.4. The van der Waals surface area contributed by atoms with E-state index in [4.69, 9.17) is 4.74 Å². The standard InChI is InChI=1S/C18H15NO2/c1-13-4-7-18(16(9-13)11-20)21-12-14-5-6-17-15(10-14)3-2-8-19-17/h2-11H,12H2,1H3. The third kappa shape index (κ3) is 2.92. The molecule has 0 unspecified atom stereocenters. The number of hydrogen-bond donors (Lipinski definition) is 0. The Morgan fingerprint density at radius 3 is 2.90 bits per heavy atom. The van der Waals surface area contributed by atoms with Gasteiger partial charge in [-0.25, -0.2) is 0 Å². The number of ether oxygens (including phenoxy) is 1. The second-order valence-corrected chi connectivity index (χ2v) is 4.98. The summed E-state index contributed by atoms with van der Waals surface area (Å²) >= 11 is 0. The van der Waals surface area contributed by atoms with Gasteiger partial charge in [0, 0.05) is 11.6 Å². The van der Waals surface area contributed by atoms with E-state index in [1.54, 1.807) is 6.20 Å². The molecular formula is C18H15NO2. The first-order valence-corrected chi connectivity index (χ1v) is 6.78. The summed E-state index contributed by atoms with van der Waals surface area (Å²) in [6.45, 7) is 2.38. The highest BCUT2D eigenvalue weighted by atomic mass is 16.5. The molecule has 0 bridgehead atoms. The maximum absolute atomic E-state index is 11.1. The smallest absolute Gasteiger partial charge is 0.153 e. The summed E-state index contributed by atoms with van der Waals surface area (Å²) in [6, 6.07) is 15.6. The molecule has 0 aliphatic carbocycles. The van der Waals surface area contributed by atoms with Crippen molar-refractivity contribution in [2.45, 2.75) is 13.5 Å². The number of carbonyl (C=O) groups is 1. The Hall–Kier alpha value is -2.68. The van der Waals surface area contributed by atoms with E-state index in [2.05, 4.69) is 11.1 Å². The lowest BCUT2D eigenvalue weighted by molar-refractivity contribution is 0.111. The van der Waals surface area contributed by atoms with Crippen molar-refractivity contribution in [1.29, 1.82) is 0 Å². The number of fused-ring (bicyclic) bond motifs is 1. The monoisotopic (exact) mass is 277 g/mol. The minimum Gasteiger partial charge on any atom is -0.488 e. The first kappa shape index (κ1) is 13.3. The minimum absolute atomic E-state index is 0.425. The molecule has 0 aliphatic rings. The normalized spacial score (nSPS) is 10.5. The van der Waals surface area contributed by atoms with Crippen molar-refractivity contribution in [3.63, 3.8) is 0 Å². The van der Waals surface area contributed by atoms with Gasteiger partial charge in [0.2, 0.25) is 0 Å². The van der Waals surface area contributed by atoms with E-state index in [9.17, 15) is 4.79 Å². The summed E-state index contributed by atoms with van der Waals surface area (Å²) in [5.74, 6) is 0.613. The molecule has 0 radical (unpaired) electrons. The number of benzene rings is 2. The largest absolute Gasteiger partial charge is 0.488 e. The molecule has 3 rings (SSSR count). The van der Waals surface area contributed by atoms with Gasteiger partial charge in [-0.1, -0.05) is 23.8 Å². The Balaban J connectivity index is 1.81. The second-order valence-electron chi connectivity index (χ2n) is 4.98. The predicted molar refractivity (Wildman–Crippen MR) is 82.6 cm³/mol. The Morgan fingerprint density at radius 1 is 1.14 bits per heavy atom. The molecule has 104 valence electrons. The summed E-state index contributed by atoms with van der Waals surface area (Å²) in [5.41, 5.74) is 3.64. The van der Waals surface area contributed by atoms with Crippen LogP contribution in [0, 0.1) is 6.92 Å². The van der Waals surface area contributed by atoms with E-state index in [0.29, 0.717) is 17.9 Å². The highest BCUT2D eigenvalue weighted by Gasteiger charge is 2.04. The van der Waals surface area contributed by atoms with Gasteiger partial charge in [0.1, 0.15) is 12.4 Å². The van der Waals surface area contributed by atoms with Crippen molar-refractivity contribution < 1.29 is 9.53 Å². The van der Waals surface area contributed by atoms with Crippen LogP contribution in [0.1, 0.15) is 21.5 Å².